The summed E-state index contributed by atoms with van der Waals surface area (Å²) in [6.07, 6.45) is 7.23. The lowest BCUT2D eigenvalue weighted by Crippen LogP contribution is -2.16. The summed E-state index contributed by atoms with van der Waals surface area (Å²) in [6, 6.07) is 0. The third kappa shape index (κ3) is 3.12. The average molecular weight is 328 g/mol. The van der Waals surface area contributed by atoms with Crippen molar-refractivity contribution >= 4 is 17.2 Å². The van der Waals surface area contributed by atoms with Gasteiger partial charge >= 0.3 is 0 Å². The van der Waals surface area contributed by atoms with Crippen LogP contribution in [0.2, 0.25) is 0 Å². The Labute approximate surface area is 141 Å². The van der Waals surface area contributed by atoms with E-state index in [4.69, 9.17) is 4.98 Å². The molecule has 0 saturated carbocycles. The van der Waals surface area contributed by atoms with Gasteiger partial charge in [0, 0.05) is 30.0 Å². The summed E-state index contributed by atoms with van der Waals surface area (Å²) in [5.74, 6) is 1.92. The van der Waals surface area contributed by atoms with Gasteiger partial charge in [0.25, 0.3) is 0 Å². The molecular formula is C18H24N4S. The van der Waals surface area contributed by atoms with Gasteiger partial charge in [0.15, 0.2) is 0 Å². The fraction of sp³-hybridized carbons (Fsp3) is 0.556. The topological polar surface area (TPSA) is 49.8 Å². The molecule has 4 nitrogen and oxygen atoms in total. The first-order valence-corrected chi connectivity index (χ1v) is 9.58. The molecule has 2 aromatic heterocycles. The summed E-state index contributed by atoms with van der Waals surface area (Å²) < 4.78 is 0. The normalized spacial score (nSPS) is 17.3. The summed E-state index contributed by atoms with van der Waals surface area (Å²) in [5, 5.41) is 9.42. The summed E-state index contributed by atoms with van der Waals surface area (Å²) in [6.45, 7) is 4.92. The highest BCUT2D eigenvalue weighted by molar-refractivity contribution is 7.10. The number of aryl methyl sites for hydroxylation is 2. The number of rotatable bonds is 3. The molecule has 2 N–H and O–H groups in total. The molecule has 0 amide bonds. The maximum absolute atomic E-state index is 4.69. The molecule has 0 atom stereocenters. The maximum atomic E-state index is 4.69. The minimum atomic E-state index is 0.875. The molecule has 122 valence electrons. The highest BCUT2D eigenvalue weighted by Crippen LogP contribution is 2.31. The zero-order valence-corrected chi connectivity index (χ0v) is 14.6. The summed E-state index contributed by atoms with van der Waals surface area (Å²) in [5.41, 5.74) is 5.61. The highest BCUT2D eigenvalue weighted by atomic mass is 32.1. The van der Waals surface area contributed by atoms with Crippen LogP contribution in [0.1, 0.15) is 45.9 Å². The first-order valence-electron chi connectivity index (χ1n) is 8.70. The minimum Gasteiger partial charge on any atom is -0.366 e. The van der Waals surface area contributed by atoms with Crippen LogP contribution in [0.4, 0.5) is 5.82 Å². The van der Waals surface area contributed by atoms with Crippen molar-refractivity contribution in [3.05, 3.63) is 38.5 Å². The molecule has 1 aliphatic heterocycles. The Morgan fingerprint density at radius 1 is 1.09 bits per heavy atom. The van der Waals surface area contributed by atoms with E-state index in [0.29, 0.717) is 0 Å². The quantitative estimate of drug-likeness (QED) is 0.909. The van der Waals surface area contributed by atoms with Gasteiger partial charge < -0.3 is 10.6 Å². The van der Waals surface area contributed by atoms with Gasteiger partial charge in [0.2, 0.25) is 0 Å². The predicted octanol–water partition coefficient (Wildman–Crippen LogP) is 3.03. The van der Waals surface area contributed by atoms with Crippen molar-refractivity contribution in [2.75, 3.05) is 18.4 Å². The lowest BCUT2D eigenvalue weighted by atomic mass is 9.96. The largest absolute Gasteiger partial charge is 0.366 e. The van der Waals surface area contributed by atoms with Crippen LogP contribution in [0, 0.1) is 6.92 Å². The number of nitrogens with zero attached hydrogens (tertiary/aromatic N) is 2. The van der Waals surface area contributed by atoms with E-state index in [1.807, 2.05) is 18.3 Å². The number of hydrogen-bond donors (Lipinski definition) is 2. The van der Waals surface area contributed by atoms with Crippen LogP contribution < -0.4 is 10.6 Å². The van der Waals surface area contributed by atoms with Gasteiger partial charge in [-0.3, -0.25) is 0 Å². The van der Waals surface area contributed by atoms with Gasteiger partial charge in [-0.15, -0.1) is 11.3 Å². The van der Waals surface area contributed by atoms with Gasteiger partial charge in [-0.25, -0.2) is 9.97 Å². The standard InChI is InChI=1S/C18H24N4S/c1-12-21-16-7-9-19-8-6-15(16)18(22-12)20-10-13-11-23-17-5-3-2-4-14(13)17/h11,19H,2-10H2,1H3,(H,20,21,22). The van der Waals surface area contributed by atoms with Crippen molar-refractivity contribution in [2.45, 2.75) is 52.0 Å². The molecule has 1 aliphatic carbocycles. The van der Waals surface area contributed by atoms with Crippen LogP contribution in [-0.4, -0.2) is 23.1 Å². The predicted molar refractivity (Wildman–Crippen MR) is 95.3 cm³/mol. The molecule has 23 heavy (non-hydrogen) atoms. The van der Waals surface area contributed by atoms with Crippen LogP contribution in [0.3, 0.4) is 0 Å². The second kappa shape index (κ2) is 6.57. The van der Waals surface area contributed by atoms with Crippen LogP contribution in [-0.2, 0) is 32.2 Å². The lowest BCUT2D eigenvalue weighted by molar-refractivity contribution is 0.691. The Hall–Kier alpha value is -1.46. The molecule has 0 fully saturated rings. The smallest absolute Gasteiger partial charge is 0.133 e. The van der Waals surface area contributed by atoms with Crippen molar-refractivity contribution < 1.29 is 0 Å². The molecule has 0 aromatic carbocycles. The second-order valence-electron chi connectivity index (χ2n) is 6.52. The monoisotopic (exact) mass is 328 g/mol. The maximum Gasteiger partial charge on any atom is 0.133 e. The second-order valence-corrected chi connectivity index (χ2v) is 7.48. The zero-order chi connectivity index (χ0) is 15.6. The molecule has 3 heterocycles. The van der Waals surface area contributed by atoms with E-state index in [0.717, 1.165) is 44.1 Å². The molecule has 0 bridgehead atoms. The van der Waals surface area contributed by atoms with E-state index in [1.54, 1.807) is 10.4 Å². The molecule has 0 spiro atoms. The van der Waals surface area contributed by atoms with Gasteiger partial charge in [0.05, 0.1) is 5.69 Å². The molecule has 5 heteroatoms. The molecule has 2 aliphatic rings. The Balaban J connectivity index is 1.57. The van der Waals surface area contributed by atoms with Crippen molar-refractivity contribution in [1.82, 2.24) is 15.3 Å². The molecule has 0 saturated heterocycles. The SMILES string of the molecule is Cc1nc2c(c(NCc3csc4c3CCCC4)n1)CCNCC2. The lowest BCUT2D eigenvalue weighted by Gasteiger charge is -2.16. The Kier molecular flexibility index (Phi) is 4.31. The fourth-order valence-corrected chi connectivity index (χ4v) is 4.85. The Bertz CT molecular complexity index is 707. The van der Waals surface area contributed by atoms with Crippen LogP contribution >= 0.6 is 11.3 Å². The Morgan fingerprint density at radius 2 is 1.96 bits per heavy atom. The number of anilines is 1. The number of thiophene rings is 1. The van der Waals surface area contributed by atoms with E-state index >= 15 is 0 Å². The third-order valence-corrected chi connectivity index (χ3v) is 6.03. The number of nitrogens with one attached hydrogen (secondary N) is 2. The van der Waals surface area contributed by atoms with Gasteiger partial charge in [0.1, 0.15) is 11.6 Å². The average Bonchev–Trinajstić information content (AvgIpc) is 2.82. The fourth-order valence-electron chi connectivity index (χ4n) is 3.70. The first-order chi connectivity index (χ1) is 11.3. The van der Waals surface area contributed by atoms with E-state index in [1.165, 1.54) is 42.5 Å². The van der Waals surface area contributed by atoms with Crippen molar-refractivity contribution in [3.63, 3.8) is 0 Å². The molecular weight excluding hydrogens is 304 g/mol. The molecule has 0 radical (unpaired) electrons. The van der Waals surface area contributed by atoms with Gasteiger partial charge in [-0.1, -0.05) is 0 Å². The van der Waals surface area contributed by atoms with Crippen molar-refractivity contribution in [1.29, 1.82) is 0 Å². The van der Waals surface area contributed by atoms with Gasteiger partial charge in [-0.2, -0.15) is 0 Å². The summed E-state index contributed by atoms with van der Waals surface area (Å²) in [7, 11) is 0. The number of fused-ring (bicyclic) bond motifs is 2. The van der Waals surface area contributed by atoms with Gasteiger partial charge in [-0.05, 0) is 62.1 Å². The van der Waals surface area contributed by atoms with E-state index in [2.05, 4.69) is 21.0 Å². The number of hydrogen-bond acceptors (Lipinski definition) is 5. The molecule has 4 rings (SSSR count). The van der Waals surface area contributed by atoms with Crippen LogP contribution in [0.15, 0.2) is 5.38 Å². The molecule has 2 aromatic rings. The van der Waals surface area contributed by atoms with E-state index in [9.17, 15) is 0 Å². The zero-order valence-electron chi connectivity index (χ0n) is 13.7. The van der Waals surface area contributed by atoms with Crippen molar-refractivity contribution in [2.24, 2.45) is 0 Å². The third-order valence-electron chi connectivity index (χ3n) is 4.89. The summed E-state index contributed by atoms with van der Waals surface area (Å²) in [4.78, 5) is 11.0. The highest BCUT2D eigenvalue weighted by Gasteiger charge is 2.18. The first kappa shape index (κ1) is 15.1. The van der Waals surface area contributed by atoms with Crippen LogP contribution in [0.25, 0.3) is 0 Å². The molecule has 0 unspecified atom stereocenters. The minimum absolute atomic E-state index is 0.875. The number of aromatic nitrogens is 2. The Morgan fingerprint density at radius 3 is 2.91 bits per heavy atom. The van der Waals surface area contributed by atoms with E-state index < -0.39 is 0 Å². The van der Waals surface area contributed by atoms with Crippen LogP contribution in [0.5, 0.6) is 0 Å². The van der Waals surface area contributed by atoms with E-state index in [-0.39, 0.29) is 0 Å². The van der Waals surface area contributed by atoms with Crippen molar-refractivity contribution in [3.8, 4) is 0 Å². The summed E-state index contributed by atoms with van der Waals surface area (Å²) >= 11 is 1.94.